The average molecular weight is 423 g/mol. The van der Waals surface area contributed by atoms with Crippen LogP contribution in [0.1, 0.15) is 18.4 Å². The average Bonchev–Trinajstić information content (AvgIpc) is 3.31. The van der Waals surface area contributed by atoms with Crippen LogP contribution in [0.2, 0.25) is 0 Å². The number of unbranched alkanes of at least 4 members (excludes halogenated alkanes) is 1. The summed E-state index contributed by atoms with van der Waals surface area (Å²) >= 11 is 0.673. The van der Waals surface area contributed by atoms with Crippen molar-refractivity contribution in [3.8, 4) is 5.75 Å². The molecule has 0 saturated carbocycles. The Balaban J connectivity index is 1.20. The minimum Gasteiger partial charge on any atom is -0.494 e. The summed E-state index contributed by atoms with van der Waals surface area (Å²) in [5, 5.41) is 1.93. The molecule has 1 aliphatic heterocycles. The summed E-state index contributed by atoms with van der Waals surface area (Å²) in [7, 11) is 1.97. The van der Waals surface area contributed by atoms with Crippen LogP contribution in [0, 0.1) is 0 Å². The van der Waals surface area contributed by atoms with Gasteiger partial charge in [0.15, 0.2) is 5.58 Å². The van der Waals surface area contributed by atoms with Gasteiger partial charge in [-0.05, 0) is 48.7 Å². The molecule has 1 fully saturated rings. The predicted octanol–water partition coefficient (Wildman–Crippen LogP) is 4.45. The molecule has 0 aliphatic carbocycles. The van der Waals surface area contributed by atoms with Crippen LogP contribution in [0.25, 0.3) is 17.2 Å². The molecule has 0 radical (unpaired) electrons. The fourth-order valence-corrected chi connectivity index (χ4v) is 3.56. The standard InChI is InChI=1S/C22H21N3O4S/c1-25(21-23-17-6-2-3-7-19(17)29-21)12-4-5-13-28-16-10-8-15(9-11-16)14-18-20(26)30-22(27)24-18/h2-3,6-11,14H,4-5,12-13H2,1H3,(H,24,27). The van der Waals surface area contributed by atoms with Crippen molar-refractivity contribution >= 4 is 45.3 Å². The number of aromatic nitrogens is 1. The van der Waals surface area contributed by atoms with Gasteiger partial charge in [-0.15, -0.1) is 0 Å². The van der Waals surface area contributed by atoms with E-state index < -0.39 is 0 Å². The minimum atomic E-state index is -0.340. The molecule has 1 N–H and O–H groups in total. The summed E-state index contributed by atoms with van der Waals surface area (Å²) in [6, 6.07) is 15.8. The molecule has 1 amide bonds. The van der Waals surface area contributed by atoms with Gasteiger partial charge in [-0.1, -0.05) is 24.3 Å². The Morgan fingerprint density at radius 1 is 1.13 bits per heavy atom. The molecule has 4 rings (SSSR count). The molecule has 0 bridgehead atoms. The molecule has 0 unspecified atom stereocenters. The lowest BCUT2D eigenvalue weighted by Crippen LogP contribution is -2.19. The third-order valence-corrected chi connectivity index (χ3v) is 5.29. The molecule has 30 heavy (non-hydrogen) atoms. The molecule has 8 heteroatoms. The van der Waals surface area contributed by atoms with E-state index in [2.05, 4.69) is 10.3 Å². The summed E-state index contributed by atoms with van der Waals surface area (Å²) in [6.45, 7) is 1.42. The fraction of sp³-hybridized carbons (Fsp3) is 0.227. The summed E-state index contributed by atoms with van der Waals surface area (Å²) in [4.78, 5) is 29.3. The quantitative estimate of drug-likeness (QED) is 0.423. The first kappa shape index (κ1) is 20.0. The maximum absolute atomic E-state index is 11.6. The highest BCUT2D eigenvalue weighted by Gasteiger charge is 2.25. The third kappa shape index (κ3) is 4.83. The predicted molar refractivity (Wildman–Crippen MR) is 118 cm³/mol. The molecule has 2 heterocycles. The number of fused-ring (bicyclic) bond motifs is 1. The van der Waals surface area contributed by atoms with Gasteiger partial charge in [-0.3, -0.25) is 9.59 Å². The molecule has 0 spiro atoms. The summed E-state index contributed by atoms with van der Waals surface area (Å²) in [6.07, 6.45) is 3.50. The number of nitrogens with one attached hydrogen (secondary N) is 1. The number of amides is 1. The van der Waals surface area contributed by atoms with Gasteiger partial charge in [0.05, 0.1) is 12.3 Å². The first-order valence-corrected chi connectivity index (χ1v) is 10.4. The number of benzene rings is 2. The Labute approximate surface area is 178 Å². The first-order chi connectivity index (χ1) is 14.6. The van der Waals surface area contributed by atoms with Gasteiger partial charge in [0.25, 0.3) is 11.3 Å². The van der Waals surface area contributed by atoms with Gasteiger partial charge in [-0.25, -0.2) is 0 Å². The lowest BCUT2D eigenvalue weighted by atomic mass is 10.2. The van der Waals surface area contributed by atoms with Gasteiger partial charge in [0, 0.05) is 25.4 Å². The van der Waals surface area contributed by atoms with Crippen molar-refractivity contribution in [1.82, 2.24) is 10.3 Å². The highest BCUT2D eigenvalue weighted by atomic mass is 32.2. The normalized spacial score (nSPS) is 15.0. The Kier molecular flexibility index (Phi) is 6.04. The molecule has 154 valence electrons. The number of thioether (sulfide) groups is 1. The Morgan fingerprint density at radius 3 is 2.67 bits per heavy atom. The van der Waals surface area contributed by atoms with Gasteiger partial charge in [-0.2, -0.15) is 4.98 Å². The number of carbonyl (C=O) groups excluding carboxylic acids is 2. The van der Waals surface area contributed by atoms with E-state index in [1.54, 1.807) is 6.08 Å². The van der Waals surface area contributed by atoms with Gasteiger partial charge >= 0.3 is 0 Å². The maximum atomic E-state index is 11.6. The molecule has 7 nitrogen and oxygen atoms in total. The van der Waals surface area contributed by atoms with Crippen LogP contribution >= 0.6 is 11.8 Å². The van der Waals surface area contributed by atoms with Crippen molar-refractivity contribution in [1.29, 1.82) is 0 Å². The van der Waals surface area contributed by atoms with Gasteiger partial charge in [0.2, 0.25) is 5.12 Å². The summed E-state index contributed by atoms with van der Waals surface area (Å²) in [5.41, 5.74) is 2.79. The Hall–Kier alpha value is -3.26. The van der Waals surface area contributed by atoms with E-state index in [9.17, 15) is 9.59 Å². The molecule has 1 saturated heterocycles. The number of nitrogens with zero attached hydrogens (tertiary/aromatic N) is 2. The summed E-state index contributed by atoms with van der Waals surface area (Å²) in [5.74, 6) is 0.764. The minimum absolute atomic E-state index is 0.261. The van der Waals surface area contributed by atoms with Crippen molar-refractivity contribution in [3.63, 3.8) is 0 Å². The van der Waals surface area contributed by atoms with E-state index in [0.717, 1.165) is 41.8 Å². The second kappa shape index (κ2) is 9.04. The van der Waals surface area contributed by atoms with Crippen LogP contribution in [-0.4, -0.2) is 35.5 Å². The van der Waals surface area contributed by atoms with E-state index in [1.807, 2.05) is 60.5 Å². The second-order valence-corrected chi connectivity index (χ2v) is 7.82. The molecular weight excluding hydrogens is 402 g/mol. The summed E-state index contributed by atoms with van der Waals surface area (Å²) < 4.78 is 11.5. The first-order valence-electron chi connectivity index (χ1n) is 9.63. The number of para-hydroxylation sites is 2. The SMILES string of the molecule is CN(CCCCOc1ccc(C=C2NC(=O)SC2=O)cc1)c1nc2ccccc2o1. The van der Waals surface area contributed by atoms with Crippen molar-refractivity contribution < 1.29 is 18.7 Å². The van der Waals surface area contributed by atoms with Crippen LogP contribution in [-0.2, 0) is 4.79 Å². The van der Waals surface area contributed by atoms with Crippen LogP contribution in [0.3, 0.4) is 0 Å². The zero-order valence-electron chi connectivity index (χ0n) is 16.5. The van der Waals surface area contributed by atoms with E-state index >= 15 is 0 Å². The van der Waals surface area contributed by atoms with E-state index in [4.69, 9.17) is 9.15 Å². The molecular formula is C22H21N3O4S. The lowest BCUT2D eigenvalue weighted by Gasteiger charge is -2.14. The molecule has 1 aromatic heterocycles. The van der Waals surface area contributed by atoms with Crippen LogP contribution in [0.15, 0.2) is 58.6 Å². The smallest absolute Gasteiger partial charge is 0.298 e. The van der Waals surface area contributed by atoms with E-state index in [1.165, 1.54) is 0 Å². The Morgan fingerprint density at radius 2 is 1.93 bits per heavy atom. The molecule has 1 aliphatic rings. The highest BCUT2D eigenvalue weighted by molar-refractivity contribution is 8.27. The van der Waals surface area contributed by atoms with E-state index in [-0.39, 0.29) is 10.4 Å². The van der Waals surface area contributed by atoms with Crippen molar-refractivity contribution in [2.45, 2.75) is 12.8 Å². The number of hydrogen-bond donors (Lipinski definition) is 1. The highest BCUT2D eigenvalue weighted by Crippen LogP contribution is 2.22. The number of oxazole rings is 1. The fourth-order valence-electron chi connectivity index (χ4n) is 3.01. The lowest BCUT2D eigenvalue weighted by molar-refractivity contribution is -0.107. The maximum Gasteiger partial charge on any atom is 0.298 e. The largest absolute Gasteiger partial charge is 0.494 e. The Bertz CT molecular complexity index is 1060. The molecule has 3 aromatic rings. The number of carbonyl (C=O) groups is 2. The van der Waals surface area contributed by atoms with Crippen LogP contribution < -0.4 is 15.0 Å². The van der Waals surface area contributed by atoms with Crippen LogP contribution in [0.4, 0.5) is 10.8 Å². The van der Waals surface area contributed by atoms with Gasteiger partial charge < -0.3 is 19.4 Å². The van der Waals surface area contributed by atoms with Crippen molar-refractivity contribution in [2.75, 3.05) is 25.1 Å². The zero-order valence-corrected chi connectivity index (χ0v) is 17.3. The number of anilines is 1. The second-order valence-electron chi connectivity index (χ2n) is 6.87. The van der Waals surface area contributed by atoms with Crippen molar-refractivity contribution in [2.24, 2.45) is 0 Å². The molecule has 0 atom stereocenters. The number of ether oxygens (including phenoxy) is 1. The number of hydrogen-bond acceptors (Lipinski definition) is 7. The third-order valence-electron chi connectivity index (χ3n) is 4.60. The molecule has 2 aromatic carbocycles. The van der Waals surface area contributed by atoms with Gasteiger partial charge in [0.1, 0.15) is 11.3 Å². The van der Waals surface area contributed by atoms with Crippen molar-refractivity contribution in [3.05, 3.63) is 59.8 Å². The monoisotopic (exact) mass is 423 g/mol. The topological polar surface area (TPSA) is 84.7 Å². The van der Waals surface area contributed by atoms with E-state index in [0.29, 0.717) is 30.1 Å². The number of rotatable bonds is 8. The van der Waals surface area contributed by atoms with Crippen LogP contribution in [0.5, 0.6) is 5.75 Å². The zero-order chi connectivity index (χ0) is 20.9.